The topological polar surface area (TPSA) is 45.5 Å². The fourth-order valence-electron chi connectivity index (χ4n) is 2.30. The van der Waals surface area contributed by atoms with Crippen LogP contribution in [0.15, 0.2) is 41.5 Å². The maximum Gasteiger partial charge on any atom is 0.194 e. The lowest BCUT2D eigenvalue weighted by molar-refractivity contribution is 0.475. The van der Waals surface area contributed by atoms with Gasteiger partial charge in [-0.2, -0.15) is 5.10 Å². The van der Waals surface area contributed by atoms with Crippen molar-refractivity contribution in [3.8, 4) is 0 Å². The maximum atomic E-state index is 4.71. The van der Waals surface area contributed by atoms with E-state index in [1.165, 1.54) is 11.1 Å². The smallest absolute Gasteiger partial charge is 0.194 e. The number of guanidine groups is 1. The molecule has 2 aromatic rings. The Morgan fingerprint density at radius 3 is 2.73 bits per heavy atom. The molecular formula is C17H25N5. The van der Waals surface area contributed by atoms with Gasteiger partial charge in [0.05, 0.1) is 12.2 Å². The van der Waals surface area contributed by atoms with Crippen molar-refractivity contribution in [2.75, 3.05) is 13.6 Å². The molecule has 0 unspecified atom stereocenters. The third-order valence-corrected chi connectivity index (χ3v) is 3.68. The maximum absolute atomic E-state index is 4.71. The first-order valence-electron chi connectivity index (χ1n) is 7.62. The van der Waals surface area contributed by atoms with E-state index in [9.17, 15) is 0 Å². The zero-order valence-electron chi connectivity index (χ0n) is 13.9. The van der Waals surface area contributed by atoms with Crippen molar-refractivity contribution < 1.29 is 0 Å². The molecule has 5 nitrogen and oxygen atoms in total. The Morgan fingerprint density at radius 2 is 2.09 bits per heavy atom. The van der Waals surface area contributed by atoms with Crippen LogP contribution in [0.25, 0.3) is 0 Å². The van der Waals surface area contributed by atoms with Crippen molar-refractivity contribution in [2.45, 2.75) is 26.9 Å². The molecule has 0 fully saturated rings. The van der Waals surface area contributed by atoms with Crippen LogP contribution in [-0.2, 0) is 20.1 Å². The quantitative estimate of drug-likeness (QED) is 0.681. The van der Waals surface area contributed by atoms with Crippen LogP contribution in [0.5, 0.6) is 0 Å². The van der Waals surface area contributed by atoms with E-state index in [1.807, 2.05) is 17.8 Å². The van der Waals surface area contributed by atoms with Crippen LogP contribution in [0, 0.1) is 6.92 Å². The van der Waals surface area contributed by atoms with E-state index in [1.54, 1.807) is 6.20 Å². The van der Waals surface area contributed by atoms with Gasteiger partial charge in [-0.25, -0.2) is 4.99 Å². The molecule has 0 aliphatic heterocycles. The Bertz CT molecular complexity index is 629. The molecule has 0 aliphatic rings. The van der Waals surface area contributed by atoms with Crippen LogP contribution in [0.1, 0.15) is 23.7 Å². The van der Waals surface area contributed by atoms with Crippen molar-refractivity contribution in [1.82, 2.24) is 20.0 Å². The molecule has 1 heterocycles. The lowest BCUT2D eigenvalue weighted by atomic mass is 10.1. The van der Waals surface area contributed by atoms with Gasteiger partial charge in [0, 0.05) is 33.4 Å². The average Bonchev–Trinajstić information content (AvgIpc) is 2.91. The molecule has 1 aromatic carbocycles. The summed E-state index contributed by atoms with van der Waals surface area (Å²) in [7, 11) is 4.01. The lowest BCUT2D eigenvalue weighted by Gasteiger charge is -2.23. The van der Waals surface area contributed by atoms with Crippen LogP contribution >= 0.6 is 0 Å². The molecule has 5 heteroatoms. The Labute approximate surface area is 132 Å². The molecule has 1 aromatic heterocycles. The van der Waals surface area contributed by atoms with Crippen molar-refractivity contribution in [3.05, 3.63) is 53.3 Å². The summed E-state index contributed by atoms with van der Waals surface area (Å²) >= 11 is 0. The highest BCUT2D eigenvalue weighted by molar-refractivity contribution is 5.79. The fourth-order valence-corrected chi connectivity index (χ4v) is 2.30. The van der Waals surface area contributed by atoms with Gasteiger partial charge in [-0.05, 0) is 31.0 Å². The lowest BCUT2D eigenvalue weighted by Crippen LogP contribution is -2.38. The normalized spacial score (nSPS) is 11.5. The van der Waals surface area contributed by atoms with Crippen LogP contribution in [0.4, 0.5) is 0 Å². The summed E-state index contributed by atoms with van der Waals surface area (Å²) in [6.45, 7) is 6.53. The average molecular weight is 299 g/mol. The van der Waals surface area contributed by atoms with Crippen LogP contribution < -0.4 is 5.32 Å². The number of rotatable bonds is 5. The summed E-state index contributed by atoms with van der Waals surface area (Å²) in [5.41, 5.74) is 3.72. The first kappa shape index (κ1) is 16.1. The second kappa shape index (κ2) is 7.64. The Morgan fingerprint density at radius 1 is 1.32 bits per heavy atom. The van der Waals surface area contributed by atoms with E-state index >= 15 is 0 Å². The molecule has 2 rings (SSSR count). The highest BCUT2D eigenvalue weighted by Gasteiger charge is 2.08. The molecule has 0 aliphatic carbocycles. The van der Waals surface area contributed by atoms with Gasteiger partial charge in [-0.15, -0.1) is 0 Å². The second-order valence-corrected chi connectivity index (χ2v) is 5.40. The number of benzene rings is 1. The monoisotopic (exact) mass is 299 g/mol. The third-order valence-electron chi connectivity index (χ3n) is 3.68. The van der Waals surface area contributed by atoms with Gasteiger partial charge in [-0.3, -0.25) is 4.68 Å². The molecular weight excluding hydrogens is 274 g/mol. The molecule has 0 saturated carbocycles. The second-order valence-electron chi connectivity index (χ2n) is 5.40. The molecule has 22 heavy (non-hydrogen) atoms. The summed E-state index contributed by atoms with van der Waals surface area (Å²) < 4.78 is 1.86. The van der Waals surface area contributed by atoms with E-state index in [4.69, 9.17) is 4.99 Å². The molecule has 0 spiro atoms. The minimum absolute atomic E-state index is 0.622. The summed E-state index contributed by atoms with van der Waals surface area (Å²) in [6, 6.07) is 10.4. The Kier molecular flexibility index (Phi) is 5.58. The fraction of sp³-hybridized carbons (Fsp3) is 0.412. The van der Waals surface area contributed by atoms with Crippen molar-refractivity contribution in [1.29, 1.82) is 0 Å². The SMILES string of the molecule is CCNC(=NCc1ccnn1C)N(C)Cc1ccccc1C. The van der Waals surface area contributed by atoms with Crippen molar-refractivity contribution in [3.63, 3.8) is 0 Å². The Balaban J connectivity index is 2.09. The van der Waals surface area contributed by atoms with Gasteiger partial charge in [0.2, 0.25) is 0 Å². The van der Waals surface area contributed by atoms with Gasteiger partial charge in [0.15, 0.2) is 5.96 Å². The van der Waals surface area contributed by atoms with E-state index in [0.717, 1.165) is 24.7 Å². The van der Waals surface area contributed by atoms with Crippen LogP contribution in [0.3, 0.4) is 0 Å². The zero-order chi connectivity index (χ0) is 15.9. The third kappa shape index (κ3) is 4.10. The number of aliphatic imine (C=N–C) groups is 1. The standard InChI is InChI=1S/C17H25N5/c1-5-18-17(19-12-16-10-11-20-22(16)4)21(3)13-15-9-7-6-8-14(15)2/h6-11H,5,12-13H2,1-4H3,(H,18,19). The minimum atomic E-state index is 0.622. The predicted molar refractivity (Wildman–Crippen MR) is 90.7 cm³/mol. The van der Waals surface area contributed by atoms with E-state index in [0.29, 0.717) is 6.54 Å². The number of hydrogen-bond donors (Lipinski definition) is 1. The van der Waals surface area contributed by atoms with Gasteiger partial charge >= 0.3 is 0 Å². The Hall–Kier alpha value is -2.30. The highest BCUT2D eigenvalue weighted by atomic mass is 15.3. The van der Waals surface area contributed by atoms with Gasteiger partial charge < -0.3 is 10.2 Å². The minimum Gasteiger partial charge on any atom is -0.357 e. The first-order chi connectivity index (χ1) is 10.6. The van der Waals surface area contributed by atoms with Gasteiger partial charge in [0.25, 0.3) is 0 Å². The number of nitrogens with zero attached hydrogens (tertiary/aromatic N) is 4. The van der Waals surface area contributed by atoms with E-state index in [2.05, 4.69) is 60.5 Å². The van der Waals surface area contributed by atoms with Crippen molar-refractivity contribution in [2.24, 2.45) is 12.0 Å². The van der Waals surface area contributed by atoms with Crippen LogP contribution in [0.2, 0.25) is 0 Å². The van der Waals surface area contributed by atoms with Crippen molar-refractivity contribution >= 4 is 5.96 Å². The molecule has 118 valence electrons. The van der Waals surface area contributed by atoms with E-state index < -0.39 is 0 Å². The van der Waals surface area contributed by atoms with Gasteiger partial charge in [-0.1, -0.05) is 24.3 Å². The number of aryl methyl sites for hydroxylation is 2. The zero-order valence-corrected chi connectivity index (χ0v) is 13.9. The van der Waals surface area contributed by atoms with Gasteiger partial charge in [0.1, 0.15) is 0 Å². The molecule has 0 saturated heterocycles. The molecule has 1 N–H and O–H groups in total. The number of hydrogen-bond acceptors (Lipinski definition) is 2. The molecule has 0 radical (unpaired) electrons. The highest BCUT2D eigenvalue weighted by Crippen LogP contribution is 2.10. The molecule has 0 amide bonds. The number of aromatic nitrogens is 2. The van der Waals surface area contributed by atoms with E-state index in [-0.39, 0.29) is 0 Å². The summed E-state index contributed by atoms with van der Waals surface area (Å²) in [4.78, 5) is 6.87. The van der Waals surface area contributed by atoms with Crippen LogP contribution in [-0.4, -0.2) is 34.2 Å². The molecule has 0 bridgehead atoms. The first-order valence-corrected chi connectivity index (χ1v) is 7.62. The number of nitrogens with one attached hydrogen (secondary N) is 1. The predicted octanol–water partition coefficient (Wildman–Crippen LogP) is 2.33. The summed E-state index contributed by atoms with van der Waals surface area (Å²) in [5.74, 6) is 0.909. The summed E-state index contributed by atoms with van der Waals surface area (Å²) in [6.07, 6.45) is 1.80. The largest absolute Gasteiger partial charge is 0.357 e. The molecule has 0 atom stereocenters. The summed E-state index contributed by atoms with van der Waals surface area (Å²) in [5, 5.41) is 7.53.